The molecule has 2 aromatic carbocycles. The molecule has 1 amide bonds. The molecule has 4 nitrogen and oxygen atoms in total. The van der Waals surface area contributed by atoms with Gasteiger partial charge >= 0.3 is 0 Å². The van der Waals surface area contributed by atoms with E-state index in [1.54, 1.807) is 24.3 Å². The topological polar surface area (TPSA) is 68.7 Å². The SMILES string of the molecule is N#Cc1ccc(Br)cc1NC(=O)c1cc2ccccc2[nH]1. The first kappa shape index (κ1) is 13.4. The van der Waals surface area contributed by atoms with Crippen LogP contribution in [0.3, 0.4) is 0 Å². The van der Waals surface area contributed by atoms with Crippen molar-refractivity contribution in [2.75, 3.05) is 5.32 Å². The van der Waals surface area contributed by atoms with E-state index in [1.807, 2.05) is 24.3 Å². The normalized spacial score (nSPS) is 10.3. The van der Waals surface area contributed by atoms with Crippen molar-refractivity contribution >= 4 is 38.4 Å². The highest BCUT2D eigenvalue weighted by Crippen LogP contribution is 2.22. The molecule has 0 fully saturated rings. The molecular formula is C16H10BrN3O. The standard InChI is InChI=1S/C16H10BrN3O/c17-12-6-5-11(9-18)14(8-12)20-16(21)15-7-10-3-1-2-4-13(10)19-15/h1-8,19H,(H,20,21). The van der Waals surface area contributed by atoms with Crippen LogP contribution in [-0.2, 0) is 0 Å². The minimum absolute atomic E-state index is 0.277. The molecule has 3 rings (SSSR count). The lowest BCUT2D eigenvalue weighted by atomic mass is 10.2. The largest absolute Gasteiger partial charge is 0.351 e. The molecule has 0 atom stereocenters. The first-order valence-electron chi connectivity index (χ1n) is 6.26. The molecule has 0 unspecified atom stereocenters. The molecular weight excluding hydrogens is 330 g/mol. The quantitative estimate of drug-likeness (QED) is 0.739. The molecule has 0 aliphatic rings. The summed E-state index contributed by atoms with van der Waals surface area (Å²) in [6.45, 7) is 0. The van der Waals surface area contributed by atoms with Crippen LogP contribution in [0.15, 0.2) is 53.0 Å². The van der Waals surface area contributed by atoms with Crippen molar-refractivity contribution in [3.8, 4) is 6.07 Å². The van der Waals surface area contributed by atoms with Crippen LogP contribution in [0, 0.1) is 11.3 Å². The number of hydrogen-bond donors (Lipinski definition) is 2. The fourth-order valence-electron chi connectivity index (χ4n) is 2.10. The highest BCUT2D eigenvalue weighted by Gasteiger charge is 2.12. The van der Waals surface area contributed by atoms with Gasteiger partial charge in [-0.3, -0.25) is 4.79 Å². The van der Waals surface area contributed by atoms with Crippen LogP contribution in [0.25, 0.3) is 10.9 Å². The van der Waals surface area contributed by atoms with Crippen LogP contribution in [0.4, 0.5) is 5.69 Å². The zero-order valence-corrected chi connectivity index (χ0v) is 12.4. The molecule has 0 saturated heterocycles. The van der Waals surface area contributed by atoms with Crippen molar-refractivity contribution < 1.29 is 4.79 Å². The summed E-state index contributed by atoms with van der Waals surface area (Å²) >= 11 is 3.33. The first-order valence-corrected chi connectivity index (χ1v) is 7.05. The smallest absolute Gasteiger partial charge is 0.272 e. The average Bonchev–Trinajstić information content (AvgIpc) is 2.91. The van der Waals surface area contributed by atoms with Gasteiger partial charge in [0.25, 0.3) is 5.91 Å². The molecule has 0 spiro atoms. The third-order valence-corrected chi connectivity index (χ3v) is 3.62. The van der Waals surface area contributed by atoms with E-state index in [0.29, 0.717) is 16.9 Å². The Morgan fingerprint density at radius 3 is 2.76 bits per heavy atom. The molecule has 0 aliphatic heterocycles. The Labute approximate surface area is 129 Å². The number of para-hydroxylation sites is 1. The Balaban J connectivity index is 1.93. The number of nitrogens with one attached hydrogen (secondary N) is 2. The molecule has 1 aromatic heterocycles. The third kappa shape index (κ3) is 2.67. The molecule has 1 heterocycles. The fraction of sp³-hybridized carbons (Fsp3) is 0. The number of anilines is 1. The minimum atomic E-state index is -0.277. The summed E-state index contributed by atoms with van der Waals surface area (Å²) < 4.78 is 0.799. The van der Waals surface area contributed by atoms with Gasteiger partial charge in [-0.1, -0.05) is 34.1 Å². The maximum atomic E-state index is 12.3. The van der Waals surface area contributed by atoms with Gasteiger partial charge in [0.15, 0.2) is 0 Å². The summed E-state index contributed by atoms with van der Waals surface area (Å²) in [6, 6.07) is 16.6. The van der Waals surface area contributed by atoms with Crippen molar-refractivity contribution in [3.05, 3.63) is 64.3 Å². The van der Waals surface area contributed by atoms with E-state index in [9.17, 15) is 4.79 Å². The molecule has 2 N–H and O–H groups in total. The number of carbonyl (C=O) groups excluding carboxylic acids is 1. The van der Waals surface area contributed by atoms with Crippen molar-refractivity contribution in [2.24, 2.45) is 0 Å². The maximum Gasteiger partial charge on any atom is 0.272 e. The number of aromatic nitrogens is 1. The predicted molar refractivity (Wildman–Crippen MR) is 85.1 cm³/mol. The number of nitriles is 1. The highest BCUT2D eigenvalue weighted by molar-refractivity contribution is 9.10. The van der Waals surface area contributed by atoms with Gasteiger partial charge in [-0.05, 0) is 30.3 Å². The highest BCUT2D eigenvalue weighted by atomic mass is 79.9. The lowest BCUT2D eigenvalue weighted by molar-refractivity contribution is 0.102. The van der Waals surface area contributed by atoms with Crippen LogP contribution < -0.4 is 5.32 Å². The lowest BCUT2D eigenvalue weighted by Gasteiger charge is -2.06. The van der Waals surface area contributed by atoms with Gasteiger partial charge in [-0.15, -0.1) is 0 Å². The summed E-state index contributed by atoms with van der Waals surface area (Å²) in [5.74, 6) is -0.277. The van der Waals surface area contributed by atoms with E-state index in [0.717, 1.165) is 15.4 Å². The van der Waals surface area contributed by atoms with Crippen molar-refractivity contribution in [1.82, 2.24) is 4.98 Å². The lowest BCUT2D eigenvalue weighted by Crippen LogP contribution is -2.13. The van der Waals surface area contributed by atoms with E-state index in [4.69, 9.17) is 5.26 Å². The van der Waals surface area contributed by atoms with E-state index >= 15 is 0 Å². The Morgan fingerprint density at radius 1 is 1.19 bits per heavy atom. The molecule has 0 bridgehead atoms. The molecule has 21 heavy (non-hydrogen) atoms. The summed E-state index contributed by atoms with van der Waals surface area (Å²) in [7, 11) is 0. The van der Waals surface area contributed by atoms with Gasteiger partial charge < -0.3 is 10.3 Å². The Morgan fingerprint density at radius 2 is 2.00 bits per heavy atom. The van der Waals surface area contributed by atoms with Crippen molar-refractivity contribution in [3.63, 3.8) is 0 Å². The number of hydrogen-bond acceptors (Lipinski definition) is 2. The molecule has 0 radical (unpaired) electrons. The van der Waals surface area contributed by atoms with Crippen LogP contribution in [0.2, 0.25) is 0 Å². The van der Waals surface area contributed by atoms with Gasteiger partial charge in [-0.2, -0.15) is 5.26 Å². The fourth-order valence-corrected chi connectivity index (χ4v) is 2.46. The van der Waals surface area contributed by atoms with Crippen LogP contribution >= 0.6 is 15.9 Å². The Kier molecular flexibility index (Phi) is 3.46. The predicted octanol–water partition coefficient (Wildman–Crippen LogP) is 4.05. The van der Waals surface area contributed by atoms with Crippen LogP contribution in [0.5, 0.6) is 0 Å². The number of aromatic amines is 1. The van der Waals surface area contributed by atoms with Crippen LogP contribution in [-0.4, -0.2) is 10.9 Å². The summed E-state index contributed by atoms with van der Waals surface area (Å²) in [5, 5.41) is 12.8. The van der Waals surface area contributed by atoms with Gasteiger partial charge in [0.2, 0.25) is 0 Å². The number of H-pyrrole nitrogens is 1. The number of benzene rings is 2. The number of nitrogens with zero attached hydrogens (tertiary/aromatic N) is 1. The second kappa shape index (κ2) is 5.43. The molecule has 5 heteroatoms. The third-order valence-electron chi connectivity index (χ3n) is 3.12. The Hall–Kier alpha value is -2.58. The van der Waals surface area contributed by atoms with E-state index in [1.165, 1.54) is 0 Å². The molecule has 3 aromatic rings. The van der Waals surface area contributed by atoms with E-state index in [2.05, 4.69) is 32.3 Å². The molecule has 102 valence electrons. The van der Waals surface area contributed by atoms with Gasteiger partial charge in [0.1, 0.15) is 11.8 Å². The first-order chi connectivity index (χ1) is 10.2. The molecule has 0 aliphatic carbocycles. The van der Waals surface area contributed by atoms with Crippen LogP contribution in [0.1, 0.15) is 16.1 Å². The second-order valence-corrected chi connectivity index (χ2v) is 5.44. The minimum Gasteiger partial charge on any atom is -0.351 e. The van der Waals surface area contributed by atoms with E-state index in [-0.39, 0.29) is 5.91 Å². The summed E-state index contributed by atoms with van der Waals surface area (Å²) in [5.41, 5.74) is 2.26. The number of fused-ring (bicyclic) bond motifs is 1. The van der Waals surface area contributed by atoms with Gasteiger partial charge in [0.05, 0.1) is 11.3 Å². The number of rotatable bonds is 2. The van der Waals surface area contributed by atoms with Crippen molar-refractivity contribution in [2.45, 2.75) is 0 Å². The zero-order valence-electron chi connectivity index (χ0n) is 10.9. The van der Waals surface area contributed by atoms with Crippen molar-refractivity contribution in [1.29, 1.82) is 5.26 Å². The maximum absolute atomic E-state index is 12.3. The zero-order chi connectivity index (χ0) is 14.8. The van der Waals surface area contributed by atoms with E-state index < -0.39 is 0 Å². The summed E-state index contributed by atoms with van der Waals surface area (Å²) in [6.07, 6.45) is 0. The second-order valence-electron chi connectivity index (χ2n) is 4.53. The Bertz CT molecular complexity index is 844. The summed E-state index contributed by atoms with van der Waals surface area (Å²) in [4.78, 5) is 15.4. The number of halogens is 1. The van der Waals surface area contributed by atoms with Gasteiger partial charge in [-0.25, -0.2) is 0 Å². The number of amides is 1. The number of carbonyl (C=O) groups is 1. The average molecular weight is 340 g/mol. The van der Waals surface area contributed by atoms with Gasteiger partial charge in [0, 0.05) is 15.4 Å². The molecule has 0 saturated carbocycles. The monoisotopic (exact) mass is 339 g/mol.